The summed E-state index contributed by atoms with van der Waals surface area (Å²) in [5, 5.41) is 6.84. The summed E-state index contributed by atoms with van der Waals surface area (Å²) in [7, 11) is 0. The van der Waals surface area contributed by atoms with Crippen molar-refractivity contribution in [2.75, 3.05) is 0 Å². The van der Waals surface area contributed by atoms with Crippen molar-refractivity contribution in [3.05, 3.63) is 174 Å². The maximum atomic E-state index is 6.75. The van der Waals surface area contributed by atoms with Gasteiger partial charge in [0.05, 0.1) is 27.8 Å². The second kappa shape index (κ2) is 11.6. The molecule has 0 atom stereocenters. The molecular formula is C49H28BrN3O2. The normalized spacial score (nSPS) is 12.1. The fraction of sp³-hybridized carbons (Fsp3) is 0. The number of fused-ring (bicyclic) bond motifs is 10. The van der Waals surface area contributed by atoms with Crippen LogP contribution in [0, 0.1) is 0 Å². The van der Waals surface area contributed by atoms with E-state index in [1.807, 2.05) is 30.3 Å². The molecule has 8 aromatic carbocycles. The molecule has 0 saturated carbocycles. The number of furan rings is 1. The Morgan fingerprint density at radius 2 is 1.15 bits per heavy atom. The monoisotopic (exact) mass is 769 g/mol. The van der Waals surface area contributed by atoms with Gasteiger partial charge in [-0.2, -0.15) is 0 Å². The highest BCUT2D eigenvalue weighted by atomic mass is 79.9. The SMILES string of the molecule is Brc1ccc2oc3cc(-n4c5ccccc5c5cc(-c6nc7ccccc7o6)ccc54)cc(-c4cccc5c4c4ccccc4n5-c4ccccc4)c3c2c1. The predicted octanol–water partition coefficient (Wildman–Crippen LogP) is 14.0. The van der Waals surface area contributed by atoms with Gasteiger partial charge < -0.3 is 18.0 Å². The molecule has 4 aromatic heterocycles. The first-order chi connectivity index (χ1) is 27.2. The highest BCUT2D eigenvalue weighted by Crippen LogP contribution is 2.46. The van der Waals surface area contributed by atoms with Crippen molar-refractivity contribution in [2.24, 2.45) is 0 Å². The van der Waals surface area contributed by atoms with E-state index in [4.69, 9.17) is 13.8 Å². The summed E-state index contributed by atoms with van der Waals surface area (Å²) in [6.45, 7) is 0. The molecule has 5 nitrogen and oxygen atoms in total. The van der Waals surface area contributed by atoms with Crippen LogP contribution in [0.4, 0.5) is 0 Å². The largest absolute Gasteiger partial charge is 0.456 e. The predicted molar refractivity (Wildman–Crippen MR) is 229 cm³/mol. The first kappa shape index (κ1) is 30.6. The van der Waals surface area contributed by atoms with E-state index >= 15 is 0 Å². The maximum absolute atomic E-state index is 6.75. The molecule has 12 rings (SSSR count). The Labute approximate surface area is 322 Å². The lowest BCUT2D eigenvalue weighted by Gasteiger charge is -2.13. The van der Waals surface area contributed by atoms with Gasteiger partial charge in [-0.3, -0.25) is 0 Å². The number of oxazole rings is 1. The number of para-hydroxylation sites is 5. The molecule has 0 bridgehead atoms. The third kappa shape index (κ3) is 4.49. The van der Waals surface area contributed by atoms with E-state index in [1.165, 1.54) is 16.3 Å². The Balaban J connectivity index is 1.17. The van der Waals surface area contributed by atoms with E-state index in [2.05, 4.69) is 165 Å². The molecule has 0 N–H and O–H groups in total. The zero-order valence-electron chi connectivity index (χ0n) is 29.2. The van der Waals surface area contributed by atoms with Crippen LogP contribution in [0.25, 0.3) is 111 Å². The van der Waals surface area contributed by atoms with Gasteiger partial charge in [0.1, 0.15) is 16.7 Å². The van der Waals surface area contributed by atoms with Crippen LogP contribution in [0.3, 0.4) is 0 Å². The highest BCUT2D eigenvalue weighted by molar-refractivity contribution is 9.10. The summed E-state index contributed by atoms with van der Waals surface area (Å²) >= 11 is 3.76. The molecule has 4 heterocycles. The molecule has 0 aliphatic rings. The average molecular weight is 771 g/mol. The number of benzene rings is 8. The third-order valence-corrected chi connectivity index (χ3v) is 11.5. The fourth-order valence-electron chi connectivity index (χ4n) is 8.68. The Morgan fingerprint density at radius 3 is 2.02 bits per heavy atom. The van der Waals surface area contributed by atoms with Gasteiger partial charge in [0.25, 0.3) is 0 Å². The van der Waals surface area contributed by atoms with Crippen LogP contribution in [0.2, 0.25) is 0 Å². The van der Waals surface area contributed by atoms with Crippen molar-refractivity contribution in [1.29, 1.82) is 0 Å². The van der Waals surface area contributed by atoms with Crippen LogP contribution in [0.15, 0.2) is 183 Å². The minimum Gasteiger partial charge on any atom is -0.456 e. The molecule has 0 saturated heterocycles. The molecule has 0 radical (unpaired) electrons. The molecule has 0 aliphatic heterocycles. The molecule has 0 fully saturated rings. The number of hydrogen-bond donors (Lipinski definition) is 0. The second-order valence-electron chi connectivity index (χ2n) is 14.1. The topological polar surface area (TPSA) is 49.0 Å². The van der Waals surface area contributed by atoms with Gasteiger partial charge in [0, 0.05) is 54.1 Å². The van der Waals surface area contributed by atoms with Crippen LogP contribution in [0.1, 0.15) is 0 Å². The van der Waals surface area contributed by atoms with E-state index in [9.17, 15) is 0 Å². The number of hydrogen-bond acceptors (Lipinski definition) is 3. The number of nitrogens with zero attached hydrogens (tertiary/aromatic N) is 3. The van der Waals surface area contributed by atoms with Crippen molar-refractivity contribution in [2.45, 2.75) is 0 Å². The van der Waals surface area contributed by atoms with E-state index in [0.717, 1.165) is 92.9 Å². The first-order valence-electron chi connectivity index (χ1n) is 18.3. The summed E-state index contributed by atoms with van der Waals surface area (Å²) in [5.41, 5.74) is 13.2. The average Bonchev–Trinajstić information content (AvgIpc) is 4.00. The molecule has 0 aliphatic carbocycles. The van der Waals surface area contributed by atoms with Gasteiger partial charge in [0.2, 0.25) is 5.89 Å². The van der Waals surface area contributed by atoms with Crippen molar-refractivity contribution < 1.29 is 8.83 Å². The fourth-order valence-corrected chi connectivity index (χ4v) is 9.05. The summed E-state index contributed by atoms with van der Waals surface area (Å²) in [4.78, 5) is 4.82. The lowest BCUT2D eigenvalue weighted by Crippen LogP contribution is -1.96. The van der Waals surface area contributed by atoms with Crippen molar-refractivity contribution in [3.8, 4) is 34.0 Å². The lowest BCUT2D eigenvalue weighted by molar-refractivity contribution is 0.620. The molecule has 6 heteroatoms. The maximum Gasteiger partial charge on any atom is 0.227 e. The highest BCUT2D eigenvalue weighted by Gasteiger charge is 2.23. The van der Waals surface area contributed by atoms with Gasteiger partial charge in [-0.05, 0) is 96.1 Å². The third-order valence-electron chi connectivity index (χ3n) is 11.0. The Morgan fingerprint density at radius 1 is 0.418 bits per heavy atom. The molecule has 0 spiro atoms. The summed E-state index contributed by atoms with van der Waals surface area (Å²) in [5.74, 6) is 0.611. The molecule has 258 valence electrons. The van der Waals surface area contributed by atoms with Crippen molar-refractivity contribution in [3.63, 3.8) is 0 Å². The van der Waals surface area contributed by atoms with Crippen molar-refractivity contribution in [1.82, 2.24) is 14.1 Å². The molecule has 0 unspecified atom stereocenters. The first-order valence-corrected chi connectivity index (χ1v) is 19.1. The zero-order chi connectivity index (χ0) is 36.2. The number of rotatable bonds is 4. The summed E-state index contributed by atoms with van der Waals surface area (Å²) in [6, 6.07) is 59.8. The van der Waals surface area contributed by atoms with Gasteiger partial charge in [-0.1, -0.05) is 94.8 Å². The van der Waals surface area contributed by atoms with Crippen molar-refractivity contribution >= 4 is 92.6 Å². The van der Waals surface area contributed by atoms with E-state index in [1.54, 1.807) is 0 Å². The second-order valence-corrected chi connectivity index (χ2v) is 15.0. The van der Waals surface area contributed by atoms with E-state index in [-0.39, 0.29) is 0 Å². The van der Waals surface area contributed by atoms with Gasteiger partial charge in [0.15, 0.2) is 5.58 Å². The lowest BCUT2D eigenvalue weighted by atomic mass is 9.94. The standard InChI is InChI=1S/C49H28BrN3O2/c50-30-22-24-44-38(26-30)48-37(34-15-10-19-43-47(34)35-14-5-8-18-41(35)52(43)31-11-2-1-3-12-31)27-32(28-46(48)54-44)53-40-17-7-4-13-33(40)36-25-29(21-23-42(36)53)49-51-39-16-6-9-20-45(39)55-49/h1-28H. The Kier molecular flexibility index (Phi) is 6.42. The summed E-state index contributed by atoms with van der Waals surface area (Å²) in [6.07, 6.45) is 0. The van der Waals surface area contributed by atoms with Crippen LogP contribution in [-0.2, 0) is 0 Å². The van der Waals surface area contributed by atoms with Crippen LogP contribution < -0.4 is 0 Å². The smallest absolute Gasteiger partial charge is 0.227 e. The minimum atomic E-state index is 0.611. The molecule has 0 amide bonds. The van der Waals surface area contributed by atoms with Crippen LogP contribution in [-0.4, -0.2) is 14.1 Å². The van der Waals surface area contributed by atoms with Gasteiger partial charge in [-0.25, -0.2) is 4.98 Å². The molecular weight excluding hydrogens is 742 g/mol. The Hall–Kier alpha value is -6.89. The quantitative estimate of drug-likeness (QED) is 0.179. The molecule has 12 aromatic rings. The number of aromatic nitrogens is 3. The Bertz CT molecular complexity index is 3480. The van der Waals surface area contributed by atoms with E-state index < -0.39 is 0 Å². The zero-order valence-corrected chi connectivity index (χ0v) is 30.8. The summed E-state index contributed by atoms with van der Waals surface area (Å²) < 4.78 is 18.7. The number of halogens is 1. The van der Waals surface area contributed by atoms with Crippen LogP contribution >= 0.6 is 15.9 Å². The van der Waals surface area contributed by atoms with Gasteiger partial charge in [-0.15, -0.1) is 0 Å². The minimum absolute atomic E-state index is 0.611. The van der Waals surface area contributed by atoms with Crippen LogP contribution in [0.5, 0.6) is 0 Å². The molecule has 55 heavy (non-hydrogen) atoms. The van der Waals surface area contributed by atoms with Gasteiger partial charge >= 0.3 is 0 Å². The van der Waals surface area contributed by atoms with E-state index in [0.29, 0.717) is 5.89 Å².